The number of halogens is 2. The van der Waals surface area contributed by atoms with Crippen LogP contribution in [0.25, 0.3) is 0 Å². The van der Waals surface area contributed by atoms with Crippen LogP contribution in [0.4, 0.5) is 27.5 Å². The van der Waals surface area contributed by atoms with Crippen LogP contribution in [-0.2, 0) is 4.79 Å². The zero-order chi connectivity index (χ0) is 26.2. The Morgan fingerprint density at radius 2 is 1.92 bits per heavy atom. The summed E-state index contributed by atoms with van der Waals surface area (Å²) in [5.41, 5.74) is 1.01. The van der Waals surface area contributed by atoms with E-state index in [9.17, 15) is 19.1 Å². The number of rotatable bonds is 10. The Kier molecular flexibility index (Phi) is 8.80. The van der Waals surface area contributed by atoms with E-state index in [2.05, 4.69) is 27.2 Å². The van der Waals surface area contributed by atoms with Crippen molar-refractivity contribution >= 4 is 46.6 Å². The Bertz CT molecular complexity index is 1260. The number of amides is 2. The maximum Gasteiger partial charge on any atom is 0.251 e. The van der Waals surface area contributed by atoms with Crippen LogP contribution in [0.2, 0.25) is 5.02 Å². The minimum absolute atomic E-state index is 0.0746. The zero-order valence-electron chi connectivity index (χ0n) is 19.8. The van der Waals surface area contributed by atoms with Gasteiger partial charge >= 0.3 is 0 Å². The van der Waals surface area contributed by atoms with E-state index < -0.39 is 11.7 Å². The van der Waals surface area contributed by atoms with Crippen molar-refractivity contribution in [1.82, 2.24) is 15.3 Å². The predicted molar refractivity (Wildman–Crippen MR) is 139 cm³/mol. The number of carbonyl (C=O) groups excluding carboxylic acids is 2. The molecule has 3 rings (SSSR count). The van der Waals surface area contributed by atoms with Gasteiger partial charge in [0.05, 0.1) is 11.9 Å². The fourth-order valence-electron chi connectivity index (χ4n) is 3.26. The first kappa shape index (κ1) is 26.4. The monoisotopic (exact) mass is 512 g/mol. The lowest BCUT2D eigenvalue weighted by Gasteiger charge is -2.20. The highest BCUT2D eigenvalue weighted by atomic mass is 35.5. The van der Waals surface area contributed by atoms with Crippen molar-refractivity contribution in [2.75, 3.05) is 42.3 Å². The smallest absolute Gasteiger partial charge is 0.251 e. The summed E-state index contributed by atoms with van der Waals surface area (Å²) >= 11 is 6.30. The number of phenolic OH excluding ortho intramolecular Hbond substituents is 1. The number of anilines is 4. The molecule has 0 aliphatic rings. The molecular formula is C25H26ClFN6O3. The number of nitrogens with one attached hydrogen (secondary N) is 2. The molecule has 9 nitrogen and oxygen atoms in total. The highest BCUT2D eigenvalue weighted by Crippen LogP contribution is 2.27. The molecule has 0 radical (unpaired) electrons. The number of hydrogen-bond acceptors (Lipinski definition) is 7. The highest BCUT2D eigenvalue weighted by Gasteiger charge is 2.15. The minimum Gasteiger partial charge on any atom is -0.508 e. The van der Waals surface area contributed by atoms with Crippen LogP contribution >= 0.6 is 11.6 Å². The van der Waals surface area contributed by atoms with Crippen molar-refractivity contribution in [3.05, 3.63) is 77.7 Å². The molecule has 2 aromatic carbocycles. The third-order valence-corrected chi connectivity index (χ3v) is 5.51. The normalized spacial score (nSPS) is 10.4. The number of carbonyl (C=O) groups is 2. The lowest BCUT2D eigenvalue weighted by atomic mass is 10.2. The van der Waals surface area contributed by atoms with E-state index in [-0.39, 0.29) is 23.3 Å². The Balaban J connectivity index is 1.61. The van der Waals surface area contributed by atoms with Gasteiger partial charge in [0.2, 0.25) is 11.9 Å². The molecule has 188 valence electrons. The van der Waals surface area contributed by atoms with Gasteiger partial charge < -0.3 is 25.5 Å². The van der Waals surface area contributed by atoms with Gasteiger partial charge in [-0.05, 0) is 55.0 Å². The summed E-state index contributed by atoms with van der Waals surface area (Å²) in [4.78, 5) is 35.7. The summed E-state index contributed by atoms with van der Waals surface area (Å²) in [6.45, 7) is 4.38. The number of likely N-dealkylation sites (N-methyl/N-ethyl adjacent to an activating group) is 1. The van der Waals surface area contributed by atoms with Crippen LogP contribution in [0.1, 0.15) is 16.8 Å². The first-order valence-corrected chi connectivity index (χ1v) is 11.3. The van der Waals surface area contributed by atoms with Gasteiger partial charge in [-0.25, -0.2) is 9.37 Å². The van der Waals surface area contributed by atoms with Crippen LogP contribution in [0.3, 0.4) is 0 Å². The van der Waals surface area contributed by atoms with Gasteiger partial charge in [-0.1, -0.05) is 18.2 Å². The quantitative estimate of drug-likeness (QED) is 0.277. The number of hydrogen-bond donors (Lipinski definition) is 3. The summed E-state index contributed by atoms with van der Waals surface area (Å²) in [5, 5.41) is 15.5. The van der Waals surface area contributed by atoms with Crippen LogP contribution in [0.15, 0.2) is 61.3 Å². The van der Waals surface area contributed by atoms with E-state index in [1.54, 1.807) is 12.1 Å². The van der Waals surface area contributed by atoms with Gasteiger partial charge in [0, 0.05) is 38.4 Å². The molecule has 0 unspecified atom stereocenters. The van der Waals surface area contributed by atoms with Gasteiger partial charge in [0.1, 0.15) is 16.6 Å². The van der Waals surface area contributed by atoms with Crippen LogP contribution in [-0.4, -0.2) is 54.1 Å². The second kappa shape index (κ2) is 12.0. The SMILES string of the molecule is C=CC(=O)N(C)c1cc(Nc2ncc(Cl)c(N(C)CCCNC(=O)c3ccc(O)cc3)n2)ccc1F. The molecule has 0 aliphatic carbocycles. The minimum atomic E-state index is -0.562. The van der Waals surface area contributed by atoms with E-state index in [0.717, 1.165) is 11.0 Å². The molecule has 3 N–H and O–H groups in total. The van der Waals surface area contributed by atoms with Crippen molar-refractivity contribution in [1.29, 1.82) is 0 Å². The van der Waals surface area contributed by atoms with E-state index in [1.807, 2.05) is 11.9 Å². The van der Waals surface area contributed by atoms with E-state index in [1.165, 1.54) is 43.6 Å². The summed E-state index contributed by atoms with van der Waals surface area (Å²) in [6.07, 6.45) is 3.17. The fraction of sp³-hybridized carbons (Fsp3) is 0.200. The highest BCUT2D eigenvalue weighted by molar-refractivity contribution is 6.32. The second-order valence-electron chi connectivity index (χ2n) is 7.84. The van der Waals surface area contributed by atoms with Gasteiger partial charge in [-0.2, -0.15) is 4.98 Å². The molecule has 0 bridgehead atoms. The Hall–Kier alpha value is -4.18. The molecule has 0 fully saturated rings. The van der Waals surface area contributed by atoms with E-state index in [4.69, 9.17) is 11.6 Å². The topological polar surface area (TPSA) is 111 Å². The Labute approximate surface area is 213 Å². The third kappa shape index (κ3) is 6.70. The first-order valence-electron chi connectivity index (χ1n) is 11.0. The molecule has 0 saturated carbocycles. The van der Waals surface area contributed by atoms with Crippen LogP contribution < -0.4 is 20.4 Å². The van der Waals surface area contributed by atoms with Crippen molar-refractivity contribution in [3.8, 4) is 5.75 Å². The number of aromatic nitrogens is 2. The maximum absolute atomic E-state index is 14.2. The summed E-state index contributed by atoms with van der Waals surface area (Å²) in [6, 6.07) is 10.2. The number of nitrogens with zero attached hydrogens (tertiary/aromatic N) is 4. The molecule has 1 heterocycles. The van der Waals surface area contributed by atoms with Crippen molar-refractivity contribution in [3.63, 3.8) is 0 Å². The Morgan fingerprint density at radius 3 is 2.61 bits per heavy atom. The van der Waals surface area contributed by atoms with Gasteiger partial charge in [-0.15, -0.1) is 0 Å². The maximum atomic E-state index is 14.2. The number of phenols is 1. The molecule has 0 spiro atoms. The molecule has 2 amide bonds. The third-order valence-electron chi connectivity index (χ3n) is 5.24. The summed E-state index contributed by atoms with van der Waals surface area (Å²) < 4.78 is 14.2. The summed E-state index contributed by atoms with van der Waals surface area (Å²) in [5.74, 6) is -0.440. The van der Waals surface area contributed by atoms with Crippen molar-refractivity contribution < 1.29 is 19.1 Å². The molecule has 0 aliphatic heterocycles. The predicted octanol–water partition coefficient (Wildman–Crippen LogP) is 4.12. The number of benzene rings is 2. The lowest BCUT2D eigenvalue weighted by Crippen LogP contribution is -2.28. The molecule has 3 aromatic rings. The van der Waals surface area contributed by atoms with Crippen LogP contribution in [0.5, 0.6) is 5.75 Å². The molecule has 36 heavy (non-hydrogen) atoms. The standard InChI is InChI=1S/C25H26ClFN6O3/c1-4-22(35)33(3)21-14-17(8-11-20(21)27)30-25-29-15-19(26)23(31-25)32(2)13-5-12-28-24(36)16-6-9-18(34)10-7-16/h4,6-11,14-15,34H,1,5,12-13H2,2-3H3,(H,28,36)(H,29,30,31). The fourth-order valence-corrected chi connectivity index (χ4v) is 3.49. The van der Waals surface area contributed by atoms with Gasteiger partial charge in [0.25, 0.3) is 5.91 Å². The largest absolute Gasteiger partial charge is 0.508 e. The van der Waals surface area contributed by atoms with Gasteiger partial charge in [-0.3, -0.25) is 9.59 Å². The van der Waals surface area contributed by atoms with Crippen molar-refractivity contribution in [2.45, 2.75) is 6.42 Å². The molecular weight excluding hydrogens is 487 g/mol. The molecule has 0 saturated heterocycles. The lowest BCUT2D eigenvalue weighted by molar-refractivity contribution is -0.113. The number of aromatic hydroxyl groups is 1. The van der Waals surface area contributed by atoms with E-state index >= 15 is 0 Å². The zero-order valence-corrected chi connectivity index (χ0v) is 20.6. The van der Waals surface area contributed by atoms with Crippen LogP contribution in [0, 0.1) is 5.82 Å². The van der Waals surface area contributed by atoms with Crippen molar-refractivity contribution in [2.24, 2.45) is 0 Å². The molecule has 0 atom stereocenters. The average molecular weight is 513 g/mol. The molecule has 1 aromatic heterocycles. The second-order valence-corrected chi connectivity index (χ2v) is 8.24. The first-order chi connectivity index (χ1) is 17.2. The average Bonchev–Trinajstić information content (AvgIpc) is 2.88. The van der Waals surface area contributed by atoms with E-state index in [0.29, 0.717) is 41.6 Å². The summed E-state index contributed by atoms with van der Waals surface area (Å²) in [7, 11) is 3.26. The Morgan fingerprint density at radius 1 is 1.19 bits per heavy atom. The van der Waals surface area contributed by atoms with Gasteiger partial charge in [0.15, 0.2) is 5.82 Å². The molecule has 11 heteroatoms.